The second-order valence-corrected chi connectivity index (χ2v) is 6.17. The van der Waals surface area contributed by atoms with Gasteiger partial charge in [-0.1, -0.05) is 48.5 Å². The second-order valence-electron chi connectivity index (χ2n) is 5.69. The van der Waals surface area contributed by atoms with Crippen molar-refractivity contribution in [2.24, 2.45) is 0 Å². The molecule has 0 aliphatic rings. The topological polar surface area (TPSA) is 18.5 Å². The van der Waals surface area contributed by atoms with Crippen LogP contribution in [0.25, 0.3) is 11.1 Å². The first-order valence-corrected chi connectivity index (χ1v) is 8.01. The van der Waals surface area contributed by atoms with E-state index in [-0.39, 0.29) is 11.1 Å². The van der Waals surface area contributed by atoms with E-state index in [2.05, 4.69) is 21.1 Å². The fraction of sp³-hybridized carbons (Fsp3) is 0.294. The molecule has 0 amide bonds. The Morgan fingerprint density at radius 2 is 1.13 bits per heavy atom. The average Bonchev–Trinajstić information content (AvgIpc) is 2.60. The molecule has 2 aromatic carbocycles. The summed E-state index contributed by atoms with van der Waals surface area (Å²) >= 11 is 4.47. The van der Waals surface area contributed by atoms with Crippen LogP contribution in [-0.4, -0.2) is 29.6 Å². The Hall–Kier alpha value is -2.21. The minimum absolute atomic E-state index is 0.127. The summed E-state index contributed by atoms with van der Waals surface area (Å²) in [5.41, 5.74) is 0.107. The summed E-state index contributed by atoms with van der Waals surface area (Å²) in [7, 11) is 0. The van der Waals surface area contributed by atoms with Gasteiger partial charge in [0.05, 0.1) is 0 Å². The Balaban J connectivity index is 2.36. The molecule has 0 saturated carbocycles. The third-order valence-electron chi connectivity index (χ3n) is 3.53. The third-order valence-corrected chi connectivity index (χ3v) is 3.82. The van der Waals surface area contributed by atoms with Crippen LogP contribution in [0.1, 0.15) is 0 Å². The molecule has 2 nitrogen and oxygen atoms in total. The van der Waals surface area contributed by atoms with E-state index in [1.54, 1.807) is 6.07 Å². The summed E-state index contributed by atoms with van der Waals surface area (Å²) in [6.45, 7) is 0. The van der Waals surface area contributed by atoms with Gasteiger partial charge in [-0.15, -0.1) is 0 Å². The van der Waals surface area contributed by atoms with Gasteiger partial charge in [-0.2, -0.15) is 43.9 Å². The van der Waals surface area contributed by atoms with Crippen LogP contribution in [0.2, 0.25) is 0 Å². The number of hydrogen-bond donors (Lipinski definition) is 0. The van der Waals surface area contributed by atoms with Crippen molar-refractivity contribution >= 4 is 11.6 Å². The number of halogens is 11. The van der Waals surface area contributed by atoms with E-state index in [9.17, 15) is 43.9 Å². The first-order valence-electron chi connectivity index (χ1n) is 7.63. The first kappa shape index (κ1) is 24.1. The van der Waals surface area contributed by atoms with Gasteiger partial charge in [-0.05, 0) is 23.2 Å². The largest absolute Gasteiger partial charge is 0.476 e. The maximum atomic E-state index is 14.1. The Morgan fingerprint density at radius 3 is 1.67 bits per heavy atom. The molecule has 30 heavy (non-hydrogen) atoms. The normalized spacial score (nSPS) is 15.6. The number of alkyl halides is 11. The van der Waals surface area contributed by atoms with Gasteiger partial charge in [0.15, 0.2) is 0 Å². The molecule has 1 atom stereocenters. The zero-order chi connectivity index (χ0) is 23.0. The monoisotopic (exact) mass is 470 g/mol. The Labute approximate surface area is 166 Å². The van der Waals surface area contributed by atoms with Crippen LogP contribution in [-0.2, 0) is 4.74 Å². The molecule has 166 valence electrons. The molecule has 0 fully saturated rings. The Bertz CT molecular complexity index is 868. The second kappa shape index (κ2) is 7.80. The summed E-state index contributed by atoms with van der Waals surface area (Å²) in [6.07, 6.45) is -19.4. The number of para-hydroxylation sites is 1. The molecule has 2 aromatic rings. The van der Waals surface area contributed by atoms with Gasteiger partial charge in [0, 0.05) is 5.56 Å². The zero-order valence-electron chi connectivity index (χ0n) is 14.2. The maximum Gasteiger partial charge on any atom is 0.476 e. The lowest BCUT2D eigenvalue weighted by Gasteiger charge is -2.34. The standard InChI is InChI=1S/C17H9ClF10O2/c18-14(21,30-16(25,26)13(19,20)15(22,23)24)17(27,28)29-12-9-5-4-8-11(12)10-6-2-1-3-7-10/h1-9H. The average molecular weight is 471 g/mol. The lowest BCUT2D eigenvalue weighted by atomic mass is 10.1. The first-order chi connectivity index (χ1) is 13.5. The molecule has 0 aliphatic heterocycles. The molecule has 0 aliphatic carbocycles. The highest BCUT2D eigenvalue weighted by molar-refractivity contribution is 6.22. The van der Waals surface area contributed by atoms with E-state index in [0.29, 0.717) is 0 Å². The third kappa shape index (κ3) is 4.59. The summed E-state index contributed by atoms with van der Waals surface area (Å²) in [5, 5.41) is -5.62. The molecule has 0 saturated heterocycles. The van der Waals surface area contributed by atoms with Crippen molar-refractivity contribution in [1.82, 2.24) is 0 Å². The van der Waals surface area contributed by atoms with Gasteiger partial charge in [0.1, 0.15) is 5.75 Å². The van der Waals surface area contributed by atoms with E-state index in [1.165, 1.54) is 36.4 Å². The van der Waals surface area contributed by atoms with Crippen LogP contribution in [0.3, 0.4) is 0 Å². The van der Waals surface area contributed by atoms with Crippen LogP contribution >= 0.6 is 11.6 Å². The minimum atomic E-state index is -7.04. The van der Waals surface area contributed by atoms with Crippen molar-refractivity contribution in [3.8, 4) is 16.9 Å². The van der Waals surface area contributed by atoms with Crippen molar-refractivity contribution in [3.05, 3.63) is 54.6 Å². The van der Waals surface area contributed by atoms with E-state index < -0.39 is 35.4 Å². The highest BCUT2D eigenvalue weighted by Gasteiger charge is 2.78. The lowest BCUT2D eigenvalue weighted by molar-refractivity contribution is -0.469. The summed E-state index contributed by atoms with van der Waals surface area (Å²) in [4.78, 5) is 0. The van der Waals surface area contributed by atoms with Crippen molar-refractivity contribution in [2.75, 3.05) is 0 Å². The van der Waals surface area contributed by atoms with Crippen LogP contribution in [0.4, 0.5) is 43.9 Å². The molecule has 13 heteroatoms. The highest BCUT2D eigenvalue weighted by Crippen LogP contribution is 2.52. The number of ether oxygens (including phenoxy) is 2. The van der Waals surface area contributed by atoms with Gasteiger partial charge in [-0.3, -0.25) is 4.74 Å². The molecule has 0 bridgehead atoms. The molecule has 0 N–H and O–H groups in total. The molecule has 2 rings (SSSR count). The zero-order valence-corrected chi connectivity index (χ0v) is 14.9. The molecule has 1 unspecified atom stereocenters. The molecule has 0 aromatic heterocycles. The van der Waals surface area contributed by atoms with Crippen LogP contribution in [0.5, 0.6) is 5.75 Å². The maximum absolute atomic E-state index is 14.1. The lowest BCUT2D eigenvalue weighted by Crippen LogP contribution is -2.59. The van der Waals surface area contributed by atoms with Crippen molar-refractivity contribution in [3.63, 3.8) is 0 Å². The van der Waals surface area contributed by atoms with E-state index >= 15 is 0 Å². The van der Waals surface area contributed by atoms with Gasteiger partial charge >= 0.3 is 29.6 Å². The fourth-order valence-corrected chi connectivity index (χ4v) is 2.19. The van der Waals surface area contributed by atoms with Crippen LogP contribution in [0, 0.1) is 0 Å². The quantitative estimate of drug-likeness (QED) is 0.321. The molecule has 0 spiro atoms. The minimum Gasteiger partial charge on any atom is -0.427 e. The number of benzene rings is 2. The highest BCUT2D eigenvalue weighted by atomic mass is 35.5. The molecular weight excluding hydrogens is 462 g/mol. The summed E-state index contributed by atoms with van der Waals surface area (Å²) in [5.74, 6) is -7.89. The summed E-state index contributed by atoms with van der Waals surface area (Å²) < 4.78 is 137. The fourth-order valence-electron chi connectivity index (χ4n) is 2.06. The Kier molecular flexibility index (Phi) is 6.26. The molecular formula is C17H9ClF10O2. The Morgan fingerprint density at radius 1 is 0.633 bits per heavy atom. The van der Waals surface area contributed by atoms with Crippen LogP contribution in [0.15, 0.2) is 54.6 Å². The predicted molar refractivity (Wildman–Crippen MR) is 84.2 cm³/mol. The van der Waals surface area contributed by atoms with Crippen LogP contribution < -0.4 is 4.74 Å². The van der Waals surface area contributed by atoms with E-state index in [1.807, 2.05) is 0 Å². The van der Waals surface area contributed by atoms with E-state index in [4.69, 9.17) is 0 Å². The predicted octanol–water partition coefficient (Wildman–Crippen LogP) is 6.99. The molecule has 0 radical (unpaired) electrons. The summed E-state index contributed by atoms with van der Waals surface area (Å²) in [6, 6.07) is 11.8. The van der Waals surface area contributed by atoms with Gasteiger partial charge in [0.2, 0.25) is 0 Å². The van der Waals surface area contributed by atoms with Crippen molar-refractivity contribution < 1.29 is 53.4 Å². The van der Waals surface area contributed by atoms with Gasteiger partial charge < -0.3 is 4.74 Å². The van der Waals surface area contributed by atoms with Gasteiger partial charge in [-0.25, -0.2) is 0 Å². The molecule has 0 heterocycles. The smallest absolute Gasteiger partial charge is 0.427 e. The van der Waals surface area contributed by atoms with Crippen molar-refractivity contribution in [2.45, 2.75) is 29.6 Å². The van der Waals surface area contributed by atoms with E-state index in [0.717, 1.165) is 12.1 Å². The number of rotatable bonds is 7. The SMILES string of the molecule is FC(F)(F)C(F)(F)C(F)(F)OC(F)(Cl)C(F)(F)Oc1ccccc1-c1ccccc1. The number of hydrogen-bond acceptors (Lipinski definition) is 2. The van der Waals surface area contributed by atoms with Crippen molar-refractivity contribution in [1.29, 1.82) is 0 Å². The van der Waals surface area contributed by atoms with Gasteiger partial charge in [0.25, 0.3) is 0 Å².